The Morgan fingerprint density at radius 2 is 2.00 bits per heavy atom. The summed E-state index contributed by atoms with van der Waals surface area (Å²) in [6, 6.07) is 5.99. The summed E-state index contributed by atoms with van der Waals surface area (Å²) in [5.74, 6) is 0.454. The average molecular weight is 306 g/mol. The first-order valence-electron chi connectivity index (χ1n) is 6.23. The van der Waals surface area contributed by atoms with Crippen LogP contribution < -0.4 is 4.90 Å². The summed E-state index contributed by atoms with van der Waals surface area (Å²) < 4.78 is 10.4. The Bertz CT molecular complexity index is 388. The van der Waals surface area contributed by atoms with E-state index in [9.17, 15) is 0 Å². The molecule has 0 aliphatic heterocycles. The van der Waals surface area contributed by atoms with Gasteiger partial charge in [-0.1, -0.05) is 17.7 Å². The van der Waals surface area contributed by atoms with Gasteiger partial charge in [0.15, 0.2) is 0 Å². The van der Waals surface area contributed by atoms with E-state index in [1.54, 1.807) is 14.2 Å². The monoisotopic (exact) mass is 305 g/mol. The summed E-state index contributed by atoms with van der Waals surface area (Å²) in [7, 11) is 3.39. The number of anilines is 1. The van der Waals surface area contributed by atoms with Crippen LogP contribution in [0.2, 0.25) is 5.02 Å². The third-order valence-electron chi connectivity index (χ3n) is 2.98. The van der Waals surface area contributed by atoms with Gasteiger partial charge in [-0.25, -0.2) is 0 Å². The molecule has 0 amide bonds. The van der Waals surface area contributed by atoms with Crippen LogP contribution in [0.15, 0.2) is 18.2 Å². The minimum atomic E-state index is 0.223. The second-order valence-electron chi connectivity index (χ2n) is 4.40. The van der Waals surface area contributed by atoms with Gasteiger partial charge in [0.25, 0.3) is 0 Å². The van der Waals surface area contributed by atoms with E-state index >= 15 is 0 Å². The number of benzene rings is 1. The van der Waals surface area contributed by atoms with Gasteiger partial charge >= 0.3 is 0 Å². The zero-order chi connectivity index (χ0) is 14.3. The molecule has 1 atom stereocenters. The van der Waals surface area contributed by atoms with E-state index in [1.165, 1.54) is 0 Å². The van der Waals surface area contributed by atoms with Crippen molar-refractivity contribution in [2.24, 2.45) is 0 Å². The van der Waals surface area contributed by atoms with E-state index in [-0.39, 0.29) is 6.04 Å². The Hall–Kier alpha value is -0.480. The molecule has 0 saturated heterocycles. The van der Waals surface area contributed by atoms with Crippen molar-refractivity contribution in [1.82, 2.24) is 0 Å². The number of hydrogen-bond acceptors (Lipinski definition) is 3. The molecule has 0 bridgehead atoms. The van der Waals surface area contributed by atoms with Crippen LogP contribution in [0, 0.1) is 0 Å². The van der Waals surface area contributed by atoms with Crippen LogP contribution in [0.1, 0.15) is 12.5 Å². The van der Waals surface area contributed by atoms with E-state index in [0.717, 1.165) is 17.8 Å². The predicted molar refractivity (Wildman–Crippen MR) is 81.6 cm³/mol. The van der Waals surface area contributed by atoms with Crippen LogP contribution in [-0.2, 0) is 15.4 Å². The highest BCUT2D eigenvalue weighted by atomic mass is 35.5. The second kappa shape index (κ2) is 8.64. The number of halogens is 2. The summed E-state index contributed by atoms with van der Waals surface area (Å²) in [5.41, 5.74) is 2.11. The molecule has 0 saturated carbocycles. The molecule has 1 rings (SSSR count). The Kier molecular flexibility index (Phi) is 7.54. The maximum atomic E-state index is 6.10. The van der Waals surface area contributed by atoms with Crippen molar-refractivity contribution in [3.8, 4) is 0 Å². The minimum absolute atomic E-state index is 0.223. The van der Waals surface area contributed by atoms with E-state index in [2.05, 4.69) is 11.8 Å². The Labute approximate surface area is 125 Å². The molecule has 1 aromatic carbocycles. The third-order valence-corrected chi connectivity index (χ3v) is 3.50. The molecule has 3 nitrogen and oxygen atoms in total. The first-order chi connectivity index (χ1) is 9.13. The number of alkyl halides is 1. The molecular weight excluding hydrogens is 285 g/mol. The van der Waals surface area contributed by atoms with Gasteiger partial charge in [-0.05, 0) is 24.6 Å². The summed E-state index contributed by atoms with van der Waals surface area (Å²) in [6.07, 6.45) is 0. The maximum absolute atomic E-state index is 6.10. The second-order valence-corrected chi connectivity index (χ2v) is 5.10. The molecule has 0 heterocycles. The lowest BCUT2D eigenvalue weighted by Gasteiger charge is -2.32. The van der Waals surface area contributed by atoms with Gasteiger partial charge in [0.1, 0.15) is 0 Å². The fourth-order valence-corrected chi connectivity index (χ4v) is 2.41. The lowest BCUT2D eigenvalue weighted by atomic mass is 10.1. The van der Waals surface area contributed by atoms with Gasteiger partial charge in [-0.2, -0.15) is 0 Å². The first-order valence-corrected chi connectivity index (χ1v) is 7.14. The predicted octanol–water partition coefficient (Wildman–Crippen LogP) is 3.57. The molecule has 1 unspecified atom stereocenters. The molecule has 0 aliphatic carbocycles. The molecule has 19 heavy (non-hydrogen) atoms. The zero-order valence-electron chi connectivity index (χ0n) is 11.7. The highest BCUT2D eigenvalue weighted by Crippen LogP contribution is 2.27. The molecule has 108 valence electrons. The summed E-state index contributed by atoms with van der Waals surface area (Å²) in [5, 5.41) is 0.705. The average Bonchev–Trinajstić information content (AvgIpc) is 2.40. The van der Waals surface area contributed by atoms with Crippen LogP contribution in [0.3, 0.4) is 0 Å². The van der Waals surface area contributed by atoms with Crippen molar-refractivity contribution >= 4 is 28.9 Å². The molecule has 1 aromatic rings. The van der Waals surface area contributed by atoms with Gasteiger partial charge in [-0.3, -0.25) is 0 Å². The zero-order valence-corrected chi connectivity index (χ0v) is 13.2. The fraction of sp³-hybridized carbons (Fsp3) is 0.571. The minimum Gasteiger partial charge on any atom is -0.383 e. The Morgan fingerprint density at radius 3 is 2.58 bits per heavy atom. The molecule has 0 aromatic heterocycles. The molecule has 0 N–H and O–H groups in total. The quantitative estimate of drug-likeness (QED) is 0.685. The molecule has 5 heteroatoms. The van der Waals surface area contributed by atoms with E-state index in [4.69, 9.17) is 32.7 Å². The van der Waals surface area contributed by atoms with Crippen LogP contribution >= 0.6 is 23.2 Å². The van der Waals surface area contributed by atoms with Crippen molar-refractivity contribution in [1.29, 1.82) is 0 Å². The summed E-state index contributed by atoms with van der Waals surface area (Å²) in [4.78, 5) is 2.22. The smallest absolute Gasteiger partial charge is 0.0663 e. The lowest BCUT2D eigenvalue weighted by molar-refractivity contribution is 0.171. The van der Waals surface area contributed by atoms with E-state index in [1.807, 2.05) is 18.2 Å². The third kappa shape index (κ3) is 4.84. The van der Waals surface area contributed by atoms with Gasteiger partial charge in [-0.15, -0.1) is 11.6 Å². The Balaban J connectivity index is 3.04. The largest absolute Gasteiger partial charge is 0.383 e. The normalized spacial score (nSPS) is 12.5. The first kappa shape index (κ1) is 16.6. The number of methoxy groups -OCH3 is 2. The summed E-state index contributed by atoms with van der Waals surface area (Å²) in [6.45, 7) is 4.16. The van der Waals surface area contributed by atoms with Crippen molar-refractivity contribution in [2.45, 2.75) is 18.8 Å². The fourth-order valence-electron chi connectivity index (χ4n) is 2.02. The topological polar surface area (TPSA) is 21.7 Å². The van der Waals surface area contributed by atoms with Gasteiger partial charge < -0.3 is 14.4 Å². The maximum Gasteiger partial charge on any atom is 0.0663 e. The van der Waals surface area contributed by atoms with Gasteiger partial charge in [0, 0.05) is 43.4 Å². The van der Waals surface area contributed by atoms with Crippen LogP contribution in [0.4, 0.5) is 5.69 Å². The molecular formula is C14H21Cl2NO2. The van der Waals surface area contributed by atoms with Gasteiger partial charge in [0.2, 0.25) is 0 Å². The SMILES string of the molecule is COCCN(c1cc(Cl)ccc1CCl)C(C)COC. The Morgan fingerprint density at radius 1 is 1.26 bits per heavy atom. The van der Waals surface area contributed by atoms with Crippen molar-refractivity contribution in [3.05, 3.63) is 28.8 Å². The number of ether oxygens (including phenoxy) is 2. The number of hydrogen-bond donors (Lipinski definition) is 0. The highest BCUT2D eigenvalue weighted by Gasteiger charge is 2.17. The lowest BCUT2D eigenvalue weighted by Crippen LogP contribution is -2.39. The van der Waals surface area contributed by atoms with Crippen molar-refractivity contribution in [2.75, 3.05) is 38.9 Å². The van der Waals surface area contributed by atoms with Crippen LogP contribution in [0.5, 0.6) is 0 Å². The van der Waals surface area contributed by atoms with Crippen LogP contribution in [-0.4, -0.2) is 40.0 Å². The highest BCUT2D eigenvalue weighted by molar-refractivity contribution is 6.31. The number of rotatable bonds is 8. The van der Waals surface area contributed by atoms with E-state index in [0.29, 0.717) is 24.1 Å². The van der Waals surface area contributed by atoms with Crippen molar-refractivity contribution in [3.63, 3.8) is 0 Å². The van der Waals surface area contributed by atoms with Gasteiger partial charge in [0.05, 0.1) is 13.2 Å². The summed E-state index contributed by atoms with van der Waals surface area (Å²) >= 11 is 12.1. The van der Waals surface area contributed by atoms with E-state index < -0.39 is 0 Å². The molecule has 0 radical (unpaired) electrons. The molecule has 0 spiro atoms. The van der Waals surface area contributed by atoms with Crippen LogP contribution in [0.25, 0.3) is 0 Å². The molecule has 0 aliphatic rings. The van der Waals surface area contributed by atoms with Crippen molar-refractivity contribution < 1.29 is 9.47 Å². The molecule has 0 fully saturated rings. The number of nitrogens with zero attached hydrogens (tertiary/aromatic N) is 1. The standard InChI is InChI=1S/C14H21Cl2NO2/c1-11(10-19-3)17(6-7-18-2)14-8-13(16)5-4-12(14)9-15/h4-5,8,11H,6-7,9-10H2,1-3H3.